The Morgan fingerprint density at radius 1 is 1.04 bits per heavy atom. The Hall–Kier alpha value is -3.52. The minimum Gasteiger partial charge on any atom is -0.507 e. The quantitative estimate of drug-likeness (QED) is 0.770. The summed E-state index contributed by atoms with van der Waals surface area (Å²) < 4.78 is 5.37. The van der Waals surface area contributed by atoms with Crippen molar-refractivity contribution in [1.82, 2.24) is 4.98 Å². The first-order valence-corrected chi connectivity index (χ1v) is 7.28. The predicted octanol–water partition coefficient (Wildman–Crippen LogP) is 3.58. The number of ether oxygens (including phenoxy) is 1. The van der Waals surface area contributed by atoms with Crippen molar-refractivity contribution < 1.29 is 9.84 Å². The molecule has 0 aliphatic rings. The van der Waals surface area contributed by atoms with E-state index in [-0.39, 0.29) is 17.1 Å². The van der Waals surface area contributed by atoms with Crippen molar-refractivity contribution in [2.24, 2.45) is 0 Å². The molecule has 0 saturated heterocycles. The molecule has 0 fully saturated rings. The topological polar surface area (TPSA) is 92.2 Å². The molecule has 118 valence electrons. The molecule has 0 saturated carbocycles. The van der Waals surface area contributed by atoms with Gasteiger partial charge in [0.25, 0.3) is 0 Å². The van der Waals surface area contributed by atoms with Gasteiger partial charge in [-0.2, -0.15) is 5.26 Å². The van der Waals surface area contributed by atoms with Crippen LogP contribution in [0.25, 0.3) is 22.4 Å². The molecule has 0 atom stereocenters. The van der Waals surface area contributed by atoms with Crippen LogP contribution in [0.1, 0.15) is 5.56 Å². The van der Waals surface area contributed by atoms with Crippen molar-refractivity contribution in [1.29, 1.82) is 5.26 Å². The molecule has 24 heavy (non-hydrogen) atoms. The number of benzene rings is 2. The number of nitrogens with two attached hydrogens (primary N) is 1. The Kier molecular flexibility index (Phi) is 4.04. The summed E-state index contributed by atoms with van der Waals surface area (Å²) in [5, 5.41) is 19.6. The Morgan fingerprint density at radius 2 is 1.71 bits per heavy atom. The molecule has 3 aromatic rings. The third-order valence-corrected chi connectivity index (χ3v) is 3.74. The van der Waals surface area contributed by atoms with E-state index in [2.05, 4.69) is 11.1 Å². The molecule has 5 heteroatoms. The van der Waals surface area contributed by atoms with Crippen LogP contribution in [0.5, 0.6) is 11.5 Å². The maximum Gasteiger partial charge on any atom is 0.142 e. The van der Waals surface area contributed by atoms with Gasteiger partial charge >= 0.3 is 0 Å². The SMILES string of the molecule is COc1ccccc1-c1cc(-c2ccccc2O)c(C#N)c(N)n1. The molecule has 0 unspecified atom stereocenters. The van der Waals surface area contributed by atoms with E-state index in [0.29, 0.717) is 22.6 Å². The number of rotatable bonds is 3. The molecule has 3 N–H and O–H groups in total. The van der Waals surface area contributed by atoms with E-state index >= 15 is 0 Å². The van der Waals surface area contributed by atoms with Gasteiger partial charge in [-0.05, 0) is 24.3 Å². The maximum absolute atomic E-state index is 10.1. The van der Waals surface area contributed by atoms with E-state index in [1.807, 2.05) is 24.3 Å². The minimum atomic E-state index is 0.0746. The summed E-state index contributed by atoms with van der Waals surface area (Å²) in [6, 6.07) is 18.0. The Labute approximate surface area is 139 Å². The predicted molar refractivity (Wildman–Crippen MR) is 92.5 cm³/mol. The molecular formula is C19H15N3O2. The van der Waals surface area contributed by atoms with Crippen LogP contribution in [0, 0.1) is 11.3 Å². The number of nitriles is 1. The van der Waals surface area contributed by atoms with Crippen LogP contribution in [-0.2, 0) is 0 Å². The van der Waals surface area contributed by atoms with Gasteiger partial charge in [-0.25, -0.2) is 4.98 Å². The number of phenolic OH excluding ortho intramolecular Hbond substituents is 1. The van der Waals surface area contributed by atoms with Crippen LogP contribution in [-0.4, -0.2) is 17.2 Å². The summed E-state index contributed by atoms with van der Waals surface area (Å²) >= 11 is 0. The van der Waals surface area contributed by atoms with E-state index in [0.717, 1.165) is 5.56 Å². The first-order valence-electron chi connectivity index (χ1n) is 7.28. The minimum absolute atomic E-state index is 0.0746. The second-order valence-corrected chi connectivity index (χ2v) is 5.14. The number of nitrogens with zero attached hydrogens (tertiary/aromatic N) is 2. The van der Waals surface area contributed by atoms with Crippen molar-refractivity contribution in [3.63, 3.8) is 0 Å². The molecule has 1 heterocycles. The van der Waals surface area contributed by atoms with Crippen molar-refractivity contribution in [3.8, 4) is 40.0 Å². The number of pyridine rings is 1. The zero-order chi connectivity index (χ0) is 17.1. The first-order chi connectivity index (χ1) is 11.7. The zero-order valence-corrected chi connectivity index (χ0v) is 13.0. The van der Waals surface area contributed by atoms with E-state index in [1.54, 1.807) is 37.4 Å². The fraction of sp³-hybridized carbons (Fsp3) is 0.0526. The van der Waals surface area contributed by atoms with Gasteiger partial charge in [0.1, 0.15) is 28.9 Å². The Morgan fingerprint density at radius 3 is 2.38 bits per heavy atom. The lowest BCUT2D eigenvalue weighted by Crippen LogP contribution is -2.00. The molecule has 0 bridgehead atoms. The highest BCUT2D eigenvalue weighted by Crippen LogP contribution is 2.37. The number of methoxy groups -OCH3 is 1. The van der Waals surface area contributed by atoms with Crippen LogP contribution in [0.2, 0.25) is 0 Å². The van der Waals surface area contributed by atoms with Crippen LogP contribution >= 0.6 is 0 Å². The fourth-order valence-corrected chi connectivity index (χ4v) is 2.59. The highest BCUT2D eigenvalue weighted by Gasteiger charge is 2.17. The van der Waals surface area contributed by atoms with Crippen molar-refractivity contribution in [3.05, 3.63) is 60.2 Å². The lowest BCUT2D eigenvalue weighted by molar-refractivity contribution is 0.416. The van der Waals surface area contributed by atoms with Crippen molar-refractivity contribution in [2.45, 2.75) is 0 Å². The van der Waals surface area contributed by atoms with Crippen LogP contribution in [0.3, 0.4) is 0 Å². The zero-order valence-electron chi connectivity index (χ0n) is 13.0. The number of nitrogen functional groups attached to an aromatic ring is 1. The molecule has 5 nitrogen and oxygen atoms in total. The third-order valence-electron chi connectivity index (χ3n) is 3.74. The highest BCUT2D eigenvalue weighted by molar-refractivity contribution is 5.83. The summed E-state index contributed by atoms with van der Waals surface area (Å²) in [6.07, 6.45) is 0. The van der Waals surface area contributed by atoms with Gasteiger partial charge in [-0.1, -0.05) is 30.3 Å². The van der Waals surface area contributed by atoms with Gasteiger partial charge in [-0.15, -0.1) is 0 Å². The standard InChI is InChI=1S/C19H15N3O2/c1-24-18-9-5-3-7-13(18)16-10-14(15(11-20)19(21)22-16)12-6-2-4-8-17(12)23/h2-10,23H,1H3,(H2,21,22). The molecule has 0 spiro atoms. The number of hydrogen-bond acceptors (Lipinski definition) is 5. The Bertz CT molecular complexity index is 946. The smallest absolute Gasteiger partial charge is 0.142 e. The monoisotopic (exact) mass is 317 g/mol. The largest absolute Gasteiger partial charge is 0.507 e. The number of para-hydroxylation sites is 2. The molecule has 0 aliphatic carbocycles. The number of aromatic nitrogens is 1. The average molecular weight is 317 g/mol. The lowest BCUT2D eigenvalue weighted by atomic mass is 9.97. The number of aromatic hydroxyl groups is 1. The van der Waals surface area contributed by atoms with E-state index in [4.69, 9.17) is 10.5 Å². The molecule has 1 aromatic heterocycles. The molecule has 0 aliphatic heterocycles. The van der Waals surface area contributed by atoms with Crippen molar-refractivity contribution >= 4 is 5.82 Å². The molecule has 2 aromatic carbocycles. The van der Waals surface area contributed by atoms with E-state index < -0.39 is 0 Å². The van der Waals surface area contributed by atoms with Gasteiger partial charge in [0.05, 0.1) is 12.8 Å². The van der Waals surface area contributed by atoms with E-state index in [9.17, 15) is 10.4 Å². The molecular weight excluding hydrogens is 302 g/mol. The van der Waals surface area contributed by atoms with Crippen LogP contribution in [0.4, 0.5) is 5.82 Å². The van der Waals surface area contributed by atoms with Crippen LogP contribution < -0.4 is 10.5 Å². The number of phenols is 1. The third kappa shape index (κ3) is 2.61. The molecule has 0 amide bonds. The summed E-state index contributed by atoms with van der Waals surface area (Å²) in [4.78, 5) is 4.33. The van der Waals surface area contributed by atoms with Gasteiger partial charge in [-0.3, -0.25) is 0 Å². The maximum atomic E-state index is 10.1. The van der Waals surface area contributed by atoms with Gasteiger partial charge in [0, 0.05) is 16.7 Å². The second kappa shape index (κ2) is 6.31. The molecule has 3 rings (SSSR count). The van der Waals surface area contributed by atoms with Gasteiger partial charge < -0.3 is 15.6 Å². The fourth-order valence-electron chi connectivity index (χ4n) is 2.59. The van der Waals surface area contributed by atoms with Gasteiger partial charge in [0.2, 0.25) is 0 Å². The number of hydrogen-bond donors (Lipinski definition) is 2. The summed E-state index contributed by atoms with van der Waals surface area (Å²) in [6.45, 7) is 0. The molecule has 0 radical (unpaired) electrons. The van der Waals surface area contributed by atoms with Gasteiger partial charge in [0.15, 0.2) is 0 Å². The summed E-state index contributed by atoms with van der Waals surface area (Å²) in [7, 11) is 1.58. The second-order valence-electron chi connectivity index (χ2n) is 5.14. The van der Waals surface area contributed by atoms with Crippen LogP contribution in [0.15, 0.2) is 54.6 Å². The van der Waals surface area contributed by atoms with Crippen molar-refractivity contribution in [2.75, 3.05) is 12.8 Å². The Balaban J connectivity index is 2.29. The number of anilines is 1. The summed E-state index contributed by atoms with van der Waals surface area (Å²) in [5.74, 6) is 0.835. The average Bonchev–Trinajstić information content (AvgIpc) is 2.61. The normalized spacial score (nSPS) is 10.2. The highest BCUT2D eigenvalue weighted by atomic mass is 16.5. The lowest BCUT2D eigenvalue weighted by Gasteiger charge is -2.13. The summed E-state index contributed by atoms with van der Waals surface area (Å²) in [5.41, 5.74) is 8.61. The first kappa shape index (κ1) is 15.4. The van der Waals surface area contributed by atoms with E-state index in [1.165, 1.54) is 0 Å².